The van der Waals surface area contributed by atoms with Crippen molar-refractivity contribution in [2.75, 3.05) is 98.0 Å². The van der Waals surface area contributed by atoms with Crippen LogP contribution in [0.5, 0.6) is 0 Å². The van der Waals surface area contributed by atoms with Gasteiger partial charge in [0.1, 0.15) is 56.0 Å². The van der Waals surface area contributed by atoms with E-state index >= 15 is 4.39 Å². The molecule has 2 unspecified atom stereocenters. The molecule has 109 heavy (non-hydrogen) atoms. The van der Waals surface area contributed by atoms with Gasteiger partial charge in [0.25, 0.3) is 23.3 Å². The molecule has 9 rings (SSSR count). The summed E-state index contributed by atoms with van der Waals surface area (Å²) >= 11 is 0. The van der Waals surface area contributed by atoms with Gasteiger partial charge in [-0.05, 0) is 85.4 Å². The first-order valence-corrected chi connectivity index (χ1v) is 36.0. The normalized spacial score (nSPS) is 17.9. The molecule has 36 heteroatoms. The Kier molecular flexibility index (Phi) is 29.2. The maximum atomic E-state index is 15.5. The Labute approximate surface area is 625 Å². The molecule has 588 valence electrons. The SMILES string of the molecule is CC[C@@]1(O)C(=O)OCc2c1cc1n(c2=O)Cc2c-1nc1cc(F)c(C)c3c1c2C(/C=N\C(=O)CN(C)C(=O)OCc1ccc(NC(=O)[C@H](CCCNC(N)=O)NC(=O)[C@@H](NC(=O)[C@H](CC(O)N[C@H]2CCOC2=O)NC(=O)CCOCCOCCOCCOCCNC(=O)CCN2C(=O)C=CC2=O)C(C)C)cc1)CC3. The van der Waals surface area contributed by atoms with E-state index in [9.17, 15) is 72.5 Å². The molecule has 35 nitrogen and oxygen atoms in total. The number of carbonyl (C=O) groups is 12. The zero-order valence-electron chi connectivity index (χ0n) is 61.2. The van der Waals surface area contributed by atoms with Crippen molar-refractivity contribution >= 4 is 94.1 Å². The Hall–Kier alpha value is -10.5. The molecule has 2 aromatic heterocycles. The average molecular weight is 1520 g/mol. The predicted molar refractivity (Wildman–Crippen MR) is 384 cm³/mol. The number of nitrogens with two attached hydrogens (primary N) is 1. The number of aromatic nitrogens is 2. The lowest BCUT2D eigenvalue weighted by atomic mass is 9.78. The fourth-order valence-electron chi connectivity index (χ4n) is 13.0. The van der Waals surface area contributed by atoms with E-state index in [-0.39, 0.29) is 160 Å². The standard InChI is InChI=1S/C73H92FN13O22/c1-6-73(102)48-32-54-64-46(36-87(54)68(97)47(48)39-108-70(73)99)61-43(11-14-45-41(4)49(74)33-52(82-64)62(45)61)35-78-58(91)37-85(5)72(101)109-38-42-9-12-44(13-10-42)79-65(94)50(8-7-20-77-71(75)100)83-67(96)63(40(2)3)84-66(95)53(34-57(90)80-51-18-24-107-69(51)98)81-56(89)19-23-103-26-28-105-30-31-106-29-27-104-25-21-76-55(88)17-22-86-59(92)15-16-60(86)93/h9-10,12-13,15-16,32-33,35,40,43,50-51,53,57,63,80,90,102H,6-8,11,14,17-31,34,36-39H2,1-5H3,(H,76,88)(H,79,94)(H,81,89)(H,83,96)(H,84,95)(H3,75,77,100)/b78-35-/t43?,50-,51-,53-,57?,63-,73-/m0/s1. The number of ether oxygens (including phenoxy) is 7. The number of esters is 2. The summed E-state index contributed by atoms with van der Waals surface area (Å²) in [6.07, 6.45) is 1.72. The summed E-state index contributed by atoms with van der Waals surface area (Å²) in [6.45, 7) is 7.10. The second kappa shape index (κ2) is 38.5. The number of aryl methyl sites for hydroxylation is 1. The molecular weight excluding hydrogens is 1430 g/mol. The van der Waals surface area contributed by atoms with Crippen LogP contribution < -0.4 is 48.5 Å². The van der Waals surface area contributed by atoms with E-state index < -0.39 is 138 Å². The number of imide groups is 1. The topological polar surface area (TPSA) is 474 Å². The molecule has 0 bridgehead atoms. The highest BCUT2D eigenvalue weighted by molar-refractivity contribution is 6.13. The van der Waals surface area contributed by atoms with E-state index in [4.69, 9.17) is 43.9 Å². The third kappa shape index (κ3) is 21.5. The molecule has 11 N–H and O–H groups in total. The maximum absolute atomic E-state index is 15.5. The number of fused-ring (bicyclic) bond motifs is 5. The van der Waals surface area contributed by atoms with Gasteiger partial charge in [0.05, 0.1) is 88.5 Å². The molecule has 0 saturated carbocycles. The average Bonchev–Trinajstić information content (AvgIpc) is 1.60. The Bertz CT molecular complexity index is 4210. The number of hydrogen-bond donors (Lipinski definition) is 10. The third-order valence-corrected chi connectivity index (χ3v) is 19.0. The lowest BCUT2D eigenvalue weighted by Crippen LogP contribution is -2.58. The van der Waals surface area contributed by atoms with Gasteiger partial charge in [0, 0.05) is 105 Å². The van der Waals surface area contributed by atoms with Crippen LogP contribution >= 0.6 is 0 Å². The number of aliphatic hydroxyl groups is 2. The first-order chi connectivity index (χ1) is 52.1. The zero-order chi connectivity index (χ0) is 78.6. The Morgan fingerprint density at radius 2 is 1.50 bits per heavy atom. The van der Waals surface area contributed by atoms with Crippen LogP contribution in [0.4, 0.5) is 19.7 Å². The number of urea groups is 1. The number of hydrogen-bond acceptors (Lipinski definition) is 24. The number of halogens is 1. The maximum Gasteiger partial charge on any atom is 0.410 e. The highest BCUT2D eigenvalue weighted by Crippen LogP contribution is 2.46. The van der Waals surface area contributed by atoms with Gasteiger partial charge in [-0.2, -0.15) is 0 Å². The van der Waals surface area contributed by atoms with Gasteiger partial charge in [-0.25, -0.2) is 28.8 Å². The van der Waals surface area contributed by atoms with Crippen molar-refractivity contribution in [3.63, 3.8) is 0 Å². The summed E-state index contributed by atoms with van der Waals surface area (Å²) in [5.74, 6) is -8.15. The lowest BCUT2D eigenvalue weighted by molar-refractivity contribution is -0.172. The van der Waals surface area contributed by atoms with Crippen LogP contribution in [0.2, 0.25) is 0 Å². The fraction of sp³-hybridized carbons (Fsp3) is 0.521. The second-order valence-corrected chi connectivity index (χ2v) is 27.0. The number of cyclic esters (lactones) is 2. The summed E-state index contributed by atoms with van der Waals surface area (Å²) in [7, 11) is 1.35. The molecule has 4 aliphatic heterocycles. The number of rotatable bonds is 40. The number of pyridine rings is 2. The molecule has 1 aliphatic carbocycles. The molecule has 4 aromatic rings. The molecule has 2 aromatic carbocycles. The van der Waals surface area contributed by atoms with Crippen LogP contribution in [0.1, 0.15) is 117 Å². The molecule has 0 radical (unpaired) electrons. The molecule has 0 spiro atoms. The summed E-state index contributed by atoms with van der Waals surface area (Å²) in [5.41, 5.74) is 7.20. The van der Waals surface area contributed by atoms with Gasteiger partial charge in [-0.1, -0.05) is 32.9 Å². The van der Waals surface area contributed by atoms with E-state index in [1.165, 1.54) is 36.0 Å². The largest absolute Gasteiger partial charge is 0.464 e. The van der Waals surface area contributed by atoms with E-state index in [1.807, 2.05) is 0 Å². The number of likely N-dealkylation sites (N-methyl/N-ethyl adjacent to an activating group) is 1. The van der Waals surface area contributed by atoms with Crippen LogP contribution in [0.25, 0.3) is 22.3 Å². The molecule has 5 aliphatic rings. The minimum atomic E-state index is -2.07. The van der Waals surface area contributed by atoms with Crippen LogP contribution in [0.3, 0.4) is 0 Å². The van der Waals surface area contributed by atoms with Crippen molar-refractivity contribution in [1.82, 2.24) is 51.3 Å². The van der Waals surface area contributed by atoms with E-state index in [1.54, 1.807) is 45.9 Å². The van der Waals surface area contributed by atoms with Crippen molar-refractivity contribution in [3.8, 4) is 11.4 Å². The molecule has 1 fully saturated rings. The number of carbonyl (C=O) groups excluding carboxylic acids is 12. The molecule has 7 atom stereocenters. The van der Waals surface area contributed by atoms with E-state index in [2.05, 4.69) is 42.2 Å². The van der Waals surface area contributed by atoms with Crippen LogP contribution in [-0.2, 0) is 113 Å². The Morgan fingerprint density at radius 3 is 2.17 bits per heavy atom. The van der Waals surface area contributed by atoms with Gasteiger partial charge in [0.15, 0.2) is 5.60 Å². The summed E-state index contributed by atoms with van der Waals surface area (Å²) in [5, 5.41) is 41.6. The number of benzene rings is 2. The minimum absolute atomic E-state index is 0.0190. The van der Waals surface area contributed by atoms with Gasteiger partial charge in [-0.15, -0.1) is 0 Å². The van der Waals surface area contributed by atoms with Crippen molar-refractivity contribution in [1.29, 1.82) is 0 Å². The van der Waals surface area contributed by atoms with Crippen molar-refractivity contribution in [3.05, 3.63) is 104 Å². The number of amides is 11. The number of aliphatic imine (C=N–C) groups is 1. The number of primary amides is 1. The summed E-state index contributed by atoms with van der Waals surface area (Å²) in [4.78, 5) is 180. The lowest BCUT2D eigenvalue weighted by Gasteiger charge is -2.31. The summed E-state index contributed by atoms with van der Waals surface area (Å²) in [6, 6.07) is 3.19. The fourth-order valence-corrected chi connectivity index (χ4v) is 13.0. The van der Waals surface area contributed by atoms with Crippen molar-refractivity contribution in [2.45, 2.75) is 147 Å². The number of nitrogens with one attached hydrogen (secondary N) is 7. The number of aliphatic hydroxyl groups excluding tert-OH is 1. The van der Waals surface area contributed by atoms with Gasteiger partial charge in [0.2, 0.25) is 29.5 Å². The third-order valence-electron chi connectivity index (χ3n) is 19.0. The number of anilines is 1. The highest BCUT2D eigenvalue weighted by atomic mass is 19.1. The van der Waals surface area contributed by atoms with E-state index in [0.717, 1.165) is 27.5 Å². The van der Waals surface area contributed by atoms with Crippen LogP contribution in [0.15, 0.2) is 58.3 Å². The predicted octanol–water partition coefficient (Wildman–Crippen LogP) is 0.422. The van der Waals surface area contributed by atoms with Crippen LogP contribution in [0, 0.1) is 18.7 Å². The molecule has 6 heterocycles. The second-order valence-electron chi connectivity index (χ2n) is 27.0. The molecular formula is C73H92FN13O22. The minimum Gasteiger partial charge on any atom is -0.464 e. The Balaban J connectivity index is 0.731. The smallest absolute Gasteiger partial charge is 0.410 e. The highest BCUT2D eigenvalue weighted by Gasteiger charge is 2.46. The van der Waals surface area contributed by atoms with Gasteiger partial charge in [-0.3, -0.25) is 58.2 Å². The quantitative estimate of drug-likeness (QED) is 0.00634. The van der Waals surface area contributed by atoms with Crippen molar-refractivity contribution in [2.24, 2.45) is 16.6 Å². The van der Waals surface area contributed by atoms with Gasteiger partial charge < -0.3 is 90.5 Å². The first-order valence-electron chi connectivity index (χ1n) is 36.0. The Morgan fingerprint density at radius 1 is 0.817 bits per heavy atom. The number of nitrogens with zero attached hydrogens (tertiary/aromatic N) is 5. The molecule has 11 amide bonds. The van der Waals surface area contributed by atoms with E-state index in [0.29, 0.717) is 57.4 Å². The van der Waals surface area contributed by atoms with Gasteiger partial charge >= 0.3 is 24.1 Å². The zero-order valence-corrected chi connectivity index (χ0v) is 61.2. The monoisotopic (exact) mass is 1520 g/mol. The molecule has 1 saturated heterocycles. The summed E-state index contributed by atoms with van der Waals surface area (Å²) < 4.78 is 54.7. The van der Waals surface area contributed by atoms with Crippen LogP contribution in [-0.4, -0.2) is 230 Å². The first kappa shape index (κ1) is 82.6. The van der Waals surface area contributed by atoms with Crippen molar-refractivity contribution < 1.29 is 105 Å².